The second-order valence-corrected chi connectivity index (χ2v) is 3.16. The monoisotopic (exact) mass is 215 g/mol. The van der Waals surface area contributed by atoms with E-state index in [0.29, 0.717) is 12.3 Å². The smallest absolute Gasteiger partial charge is 0.311 e. The van der Waals surface area contributed by atoms with E-state index in [9.17, 15) is 9.59 Å². The van der Waals surface area contributed by atoms with Crippen LogP contribution in [0.25, 0.3) is 0 Å². The van der Waals surface area contributed by atoms with Gasteiger partial charge in [0.2, 0.25) is 0 Å². The van der Waals surface area contributed by atoms with Crippen LogP contribution < -0.4 is 0 Å². The van der Waals surface area contributed by atoms with Crippen LogP contribution in [-0.2, 0) is 14.3 Å². The second kappa shape index (κ2) is 4.91. The first-order valence-corrected chi connectivity index (χ1v) is 4.61. The Labute approximate surface area is 86.6 Å². The molecule has 1 heterocycles. The van der Waals surface area contributed by atoms with Gasteiger partial charge in [-0.3, -0.25) is 9.59 Å². The zero-order valence-corrected chi connectivity index (χ0v) is 8.50. The van der Waals surface area contributed by atoms with Crippen LogP contribution in [0, 0.1) is 0 Å². The Morgan fingerprint density at radius 1 is 1.71 bits per heavy atom. The molecule has 0 fully saturated rings. The zero-order valence-electron chi connectivity index (χ0n) is 7.75. The minimum atomic E-state index is -0.384. The van der Waals surface area contributed by atoms with E-state index < -0.39 is 0 Å². The number of esters is 1. The molecule has 5 heteroatoms. The standard InChI is InChI=1S/C9H10ClNO3/c1-2-14-9(13)4-6-3-7(12)5-8(10)11-6/h5H,2-4H2,1H3. The van der Waals surface area contributed by atoms with Gasteiger partial charge in [-0.15, -0.1) is 0 Å². The highest BCUT2D eigenvalue weighted by molar-refractivity contribution is 6.33. The highest BCUT2D eigenvalue weighted by Gasteiger charge is 2.16. The van der Waals surface area contributed by atoms with Crippen LogP contribution in [-0.4, -0.2) is 24.1 Å². The number of carbonyl (C=O) groups excluding carboxylic acids is 2. The van der Waals surface area contributed by atoms with E-state index in [0.717, 1.165) is 0 Å². The van der Waals surface area contributed by atoms with E-state index in [1.807, 2.05) is 0 Å². The van der Waals surface area contributed by atoms with Crippen molar-refractivity contribution in [3.05, 3.63) is 11.2 Å². The predicted octanol–water partition coefficient (Wildman–Crippen LogP) is 1.43. The lowest BCUT2D eigenvalue weighted by Crippen LogP contribution is -2.16. The van der Waals surface area contributed by atoms with Crippen molar-refractivity contribution >= 4 is 29.1 Å². The maximum absolute atomic E-state index is 11.0. The van der Waals surface area contributed by atoms with Gasteiger partial charge in [-0.05, 0) is 6.92 Å². The van der Waals surface area contributed by atoms with Gasteiger partial charge >= 0.3 is 5.97 Å². The molecule has 0 unspecified atom stereocenters. The Bertz CT molecular complexity index is 320. The van der Waals surface area contributed by atoms with Gasteiger partial charge in [0.25, 0.3) is 0 Å². The number of carbonyl (C=O) groups is 2. The van der Waals surface area contributed by atoms with E-state index in [2.05, 4.69) is 4.99 Å². The third-order valence-electron chi connectivity index (χ3n) is 1.58. The number of nitrogens with zero attached hydrogens (tertiary/aromatic N) is 1. The Balaban J connectivity index is 2.57. The Hall–Kier alpha value is -1.16. The molecule has 0 atom stereocenters. The number of ether oxygens (including phenoxy) is 1. The highest BCUT2D eigenvalue weighted by Crippen LogP contribution is 2.13. The third-order valence-corrected chi connectivity index (χ3v) is 1.77. The molecule has 14 heavy (non-hydrogen) atoms. The van der Waals surface area contributed by atoms with Crippen LogP contribution in [0.1, 0.15) is 19.8 Å². The predicted molar refractivity (Wildman–Crippen MR) is 52.2 cm³/mol. The molecular weight excluding hydrogens is 206 g/mol. The molecule has 0 amide bonds. The molecule has 1 aliphatic rings. The number of halogens is 1. The Morgan fingerprint density at radius 3 is 3.00 bits per heavy atom. The van der Waals surface area contributed by atoms with Gasteiger partial charge < -0.3 is 4.74 Å². The van der Waals surface area contributed by atoms with Gasteiger partial charge in [0.15, 0.2) is 5.78 Å². The van der Waals surface area contributed by atoms with Gasteiger partial charge in [-0.2, -0.15) is 0 Å². The van der Waals surface area contributed by atoms with Gasteiger partial charge in [-0.1, -0.05) is 11.6 Å². The number of hydrogen-bond acceptors (Lipinski definition) is 4. The number of rotatable bonds is 3. The average molecular weight is 216 g/mol. The van der Waals surface area contributed by atoms with Crippen molar-refractivity contribution in [2.24, 2.45) is 4.99 Å². The fraction of sp³-hybridized carbons (Fsp3) is 0.444. The first-order valence-electron chi connectivity index (χ1n) is 4.24. The molecule has 0 bridgehead atoms. The van der Waals surface area contributed by atoms with Gasteiger partial charge in [0.05, 0.1) is 13.0 Å². The first-order chi connectivity index (χ1) is 6.61. The summed E-state index contributed by atoms with van der Waals surface area (Å²) in [5, 5.41) is 0.126. The Kier molecular flexibility index (Phi) is 3.83. The lowest BCUT2D eigenvalue weighted by molar-refractivity contribution is -0.141. The number of hydrogen-bond donors (Lipinski definition) is 0. The summed E-state index contributed by atoms with van der Waals surface area (Å²) in [5.74, 6) is -0.519. The summed E-state index contributed by atoms with van der Waals surface area (Å²) in [6.07, 6.45) is 1.43. The summed E-state index contributed by atoms with van der Waals surface area (Å²) >= 11 is 5.57. The SMILES string of the molecule is CCOC(=O)CC1=NC(Cl)=CC(=O)C1. The number of aliphatic imine (C=N–C) groups is 1. The summed E-state index contributed by atoms with van der Waals surface area (Å²) in [5.41, 5.74) is 0.459. The summed E-state index contributed by atoms with van der Waals surface area (Å²) in [6, 6.07) is 0. The van der Waals surface area contributed by atoms with Crippen LogP contribution in [0.5, 0.6) is 0 Å². The highest BCUT2D eigenvalue weighted by atomic mass is 35.5. The molecule has 0 radical (unpaired) electrons. The number of ketones is 1. The summed E-state index contributed by atoms with van der Waals surface area (Å²) in [4.78, 5) is 26.0. The molecule has 0 N–H and O–H groups in total. The van der Waals surface area contributed by atoms with E-state index in [1.54, 1.807) is 6.92 Å². The molecule has 0 aromatic carbocycles. The zero-order chi connectivity index (χ0) is 10.6. The molecule has 0 saturated carbocycles. The third kappa shape index (κ3) is 3.30. The van der Waals surface area contributed by atoms with E-state index in [1.165, 1.54) is 6.08 Å². The summed E-state index contributed by atoms with van der Waals surface area (Å²) in [7, 11) is 0. The van der Waals surface area contributed by atoms with E-state index >= 15 is 0 Å². The van der Waals surface area contributed by atoms with Crippen molar-refractivity contribution in [2.45, 2.75) is 19.8 Å². The molecule has 0 saturated heterocycles. The first kappa shape index (κ1) is 10.9. The molecule has 0 aromatic heterocycles. The quantitative estimate of drug-likeness (QED) is 0.529. The van der Waals surface area contributed by atoms with Crippen LogP contribution in [0.3, 0.4) is 0 Å². The molecule has 76 valence electrons. The molecule has 0 spiro atoms. The van der Waals surface area contributed by atoms with Crippen molar-refractivity contribution < 1.29 is 14.3 Å². The number of allylic oxidation sites excluding steroid dienone is 1. The van der Waals surface area contributed by atoms with Crippen molar-refractivity contribution in [2.75, 3.05) is 6.61 Å². The molecule has 4 nitrogen and oxygen atoms in total. The molecule has 1 rings (SSSR count). The van der Waals surface area contributed by atoms with Gasteiger partial charge in [0.1, 0.15) is 5.16 Å². The fourth-order valence-corrected chi connectivity index (χ4v) is 1.33. The Morgan fingerprint density at radius 2 is 2.43 bits per heavy atom. The largest absolute Gasteiger partial charge is 0.466 e. The molecule has 1 aliphatic heterocycles. The van der Waals surface area contributed by atoms with Gasteiger partial charge in [0, 0.05) is 18.2 Å². The van der Waals surface area contributed by atoms with Crippen molar-refractivity contribution in [3.63, 3.8) is 0 Å². The minimum Gasteiger partial charge on any atom is -0.466 e. The van der Waals surface area contributed by atoms with Crippen molar-refractivity contribution in [3.8, 4) is 0 Å². The summed E-state index contributed by atoms with van der Waals surface area (Å²) in [6.45, 7) is 2.04. The minimum absolute atomic E-state index is 0.0314. The van der Waals surface area contributed by atoms with Crippen LogP contribution in [0.4, 0.5) is 0 Å². The van der Waals surface area contributed by atoms with Crippen LogP contribution >= 0.6 is 11.6 Å². The second-order valence-electron chi connectivity index (χ2n) is 2.77. The fourth-order valence-electron chi connectivity index (χ4n) is 1.09. The van der Waals surface area contributed by atoms with Gasteiger partial charge in [-0.25, -0.2) is 4.99 Å². The lowest BCUT2D eigenvalue weighted by atomic mass is 10.1. The van der Waals surface area contributed by atoms with E-state index in [-0.39, 0.29) is 29.8 Å². The maximum atomic E-state index is 11.0. The van der Waals surface area contributed by atoms with Crippen LogP contribution in [0.15, 0.2) is 16.2 Å². The topological polar surface area (TPSA) is 55.7 Å². The average Bonchev–Trinajstić information content (AvgIpc) is 2.01. The maximum Gasteiger partial charge on any atom is 0.311 e. The lowest BCUT2D eigenvalue weighted by Gasteiger charge is -2.07. The normalized spacial score (nSPS) is 16.0. The van der Waals surface area contributed by atoms with Crippen LogP contribution in [0.2, 0.25) is 0 Å². The molecule has 0 aliphatic carbocycles. The summed E-state index contributed by atoms with van der Waals surface area (Å²) < 4.78 is 4.72. The molecular formula is C9H10ClNO3. The van der Waals surface area contributed by atoms with E-state index in [4.69, 9.17) is 16.3 Å². The molecule has 0 aromatic rings. The van der Waals surface area contributed by atoms with Crippen molar-refractivity contribution in [1.29, 1.82) is 0 Å². The van der Waals surface area contributed by atoms with Crippen molar-refractivity contribution in [1.82, 2.24) is 0 Å².